The zero-order valence-electron chi connectivity index (χ0n) is 16.5. The van der Waals surface area contributed by atoms with E-state index in [4.69, 9.17) is 9.73 Å². The third kappa shape index (κ3) is 6.24. The lowest BCUT2D eigenvalue weighted by Gasteiger charge is -2.11. The fourth-order valence-electron chi connectivity index (χ4n) is 3.15. The van der Waals surface area contributed by atoms with Crippen LogP contribution in [0.3, 0.4) is 0 Å². The molecule has 28 heavy (non-hydrogen) atoms. The van der Waals surface area contributed by atoms with E-state index in [9.17, 15) is 0 Å². The lowest BCUT2D eigenvalue weighted by atomic mass is 10.1. The zero-order chi connectivity index (χ0) is 18.9. The Hall–Kier alpha value is -2.06. The molecule has 0 fully saturated rings. The summed E-state index contributed by atoms with van der Waals surface area (Å²) in [5, 5.41) is 8.04. The molecule has 1 aromatic heterocycles. The van der Waals surface area contributed by atoms with Gasteiger partial charge in [0, 0.05) is 37.3 Å². The average molecular weight is 492 g/mol. The maximum absolute atomic E-state index is 5.20. The van der Waals surface area contributed by atoms with Crippen molar-refractivity contribution in [3.8, 4) is 0 Å². The van der Waals surface area contributed by atoms with Crippen LogP contribution in [0.15, 0.2) is 59.7 Å². The number of para-hydroxylation sites is 1. The molecule has 0 saturated heterocycles. The van der Waals surface area contributed by atoms with Gasteiger partial charge in [0.15, 0.2) is 5.96 Å². The number of nitrogens with zero attached hydrogens (tertiary/aromatic N) is 1. The van der Waals surface area contributed by atoms with Crippen LogP contribution in [0.5, 0.6) is 0 Å². The summed E-state index contributed by atoms with van der Waals surface area (Å²) in [5.74, 6) is 0.842. The van der Waals surface area contributed by atoms with Gasteiger partial charge in [0.05, 0.1) is 13.2 Å². The average Bonchev–Trinajstić information content (AvgIpc) is 3.10. The van der Waals surface area contributed by atoms with Crippen LogP contribution in [-0.4, -0.2) is 31.1 Å². The van der Waals surface area contributed by atoms with Crippen molar-refractivity contribution in [2.75, 3.05) is 20.2 Å². The molecule has 6 heteroatoms. The van der Waals surface area contributed by atoms with Gasteiger partial charge < -0.3 is 20.4 Å². The highest BCUT2D eigenvalue weighted by Crippen LogP contribution is 2.17. The monoisotopic (exact) mass is 492 g/mol. The van der Waals surface area contributed by atoms with E-state index in [2.05, 4.69) is 77.3 Å². The highest BCUT2D eigenvalue weighted by molar-refractivity contribution is 14.0. The van der Waals surface area contributed by atoms with Gasteiger partial charge in [0.25, 0.3) is 0 Å². The number of aromatic nitrogens is 1. The quantitative estimate of drug-likeness (QED) is 0.251. The van der Waals surface area contributed by atoms with Crippen LogP contribution in [0.1, 0.15) is 23.6 Å². The summed E-state index contributed by atoms with van der Waals surface area (Å²) in [5.41, 5.74) is 4.85. The van der Waals surface area contributed by atoms with E-state index in [0.29, 0.717) is 13.2 Å². The van der Waals surface area contributed by atoms with Crippen molar-refractivity contribution < 1.29 is 4.74 Å². The first-order valence-corrected chi connectivity index (χ1v) is 9.44. The summed E-state index contributed by atoms with van der Waals surface area (Å²) in [7, 11) is 1.71. The fourth-order valence-corrected chi connectivity index (χ4v) is 3.15. The Balaban J connectivity index is 0.00000280. The number of nitrogens with one attached hydrogen (secondary N) is 3. The van der Waals surface area contributed by atoms with Gasteiger partial charge in [-0.15, -0.1) is 24.0 Å². The predicted molar refractivity (Wildman–Crippen MR) is 127 cm³/mol. The lowest BCUT2D eigenvalue weighted by molar-refractivity contribution is 0.185. The van der Waals surface area contributed by atoms with E-state index in [1.54, 1.807) is 7.11 Å². The molecule has 0 amide bonds. The maximum atomic E-state index is 5.20. The number of halogens is 1. The molecule has 3 N–H and O–H groups in total. The standard InChI is InChI=1S/C22H28N4O.HI/c1-3-23-22(26-14-17-7-6-8-18(13-17)16-27-2)24-12-11-19-15-25-21-10-5-4-9-20(19)21;/h4-10,13,15,25H,3,11-12,14,16H2,1-2H3,(H2,23,24,26);1H. The predicted octanol–water partition coefficient (Wildman–Crippen LogP) is 4.23. The molecule has 3 rings (SSSR count). The summed E-state index contributed by atoms with van der Waals surface area (Å²) in [6.45, 7) is 5.01. The van der Waals surface area contributed by atoms with Crippen molar-refractivity contribution in [1.82, 2.24) is 15.6 Å². The number of aromatic amines is 1. The molecule has 1 heterocycles. The number of guanidine groups is 1. The molecular formula is C22H29IN4O. The van der Waals surface area contributed by atoms with Gasteiger partial charge in [-0.3, -0.25) is 0 Å². The zero-order valence-corrected chi connectivity index (χ0v) is 18.8. The Morgan fingerprint density at radius 2 is 1.89 bits per heavy atom. The van der Waals surface area contributed by atoms with Crippen molar-refractivity contribution in [2.45, 2.75) is 26.5 Å². The van der Waals surface area contributed by atoms with Gasteiger partial charge in [-0.1, -0.05) is 42.5 Å². The van der Waals surface area contributed by atoms with Crippen LogP contribution in [0.2, 0.25) is 0 Å². The number of fused-ring (bicyclic) bond motifs is 1. The normalized spacial score (nSPS) is 11.3. The van der Waals surface area contributed by atoms with Crippen molar-refractivity contribution in [1.29, 1.82) is 0 Å². The Bertz CT molecular complexity index is 891. The summed E-state index contributed by atoms with van der Waals surface area (Å²) in [4.78, 5) is 8.04. The van der Waals surface area contributed by atoms with Gasteiger partial charge >= 0.3 is 0 Å². The molecule has 0 saturated carbocycles. The first-order valence-electron chi connectivity index (χ1n) is 9.44. The summed E-state index contributed by atoms with van der Waals surface area (Å²) in [6, 6.07) is 16.8. The van der Waals surface area contributed by atoms with E-state index in [1.807, 2.05) is 0 Å². The molecule has 150 valence electrons. The van der Waals surface area contributed by atoms with Crippen LogP contribution < -0.4 is 10.6 Å². The number of benzene rings is 2. The molecule has 0 aliphatic carbocycles. The molecule has 0 aliphatic heterocycles. The number of ether oxygens (including phenoxy) is 1. The molecule has 2 aromatic carbocycles. The third-order valence-electron chi connectivity index (χ3n) is 4.43. The minimum Gasteiger partial charge on any atom is -0.380 e. The Labute approximate surface area is 184 Å². The van der Waals surface area contributed by atoms with Crippen molar-refractivity contribution >= 4 is 40.8 Å². The van der Waals surface area contributed by atoms with Crippen molar-refractivity contribution in [3.05, 3.63) is 71.4 Å². The van der Waals surface area contributed by atoms with Crippen LogP contribution >= 0.6 is 24.0 Å². The van der Waals surface area contributed by atoms with Gasteiger partial charge in [0.2, 0.25) is 0 Å². The molecule has 0 bridgehead atoms. The highest BCUT2D eigenvalue weighted by atomic mass is 127. The molecule has 3 aromatic rings. The molecule has 0 radical (unpaired) electrons. The Morgan fingerprint density at radius 1 is 1.07 bits per heavy atom. The molecule has 0 aliphatic rings. The number of methoxy groups -OCH3 is 1. The van der Waals surface area contributed by atoms with Gasteiger partial charge in [-0.25, -0.2) is 4.99 Å². The summed E-state index contributed by atoms with van der Waals surface area (Å²) < 4.78 is 5.20. The molecule has 5 nitrogen and oxygen atoms in total. The van der Waals surface area contributed by atoms with Gasteiger partial charge in [0.1, 0.15) is 0 Å². The Morgan fingerprint density at radius 3 is 2.71 bits per heavy atom. The second-order valence-electron chi connectivity index (χ2n) is 6.48. The van der Waals surface area contributed by atoms with Crippen LogP contribution in [0.4, 0.5) is 0 Å². The highest BCUT2D eigenvalue weighted by Gasteiger charge is 2.04. The second kappa shape index (κ2) is 11.7. The van der Waals surface area contributed by atoms with E-state index in [1.165, 1.54) is 27.6 Å². The maximum Gasteiger partial charge on any atom is 0.191 e. The van der Waals surface area contributed by atoms with E-state index in [-0.39, 0.29) is 24.0 Å². The lowest BCUT2D eigenvalue weighted by Crippen LogP contribution is -2.38. The number of hydrogen-bond acceptors (Lipinski definition) is 2. The summed E-state index contributed by atoms with van der Waals surface area (Å²) in [6.07, 6.45) is 3.04. The molecule has 0 unspecified atom stereocenters. The first kappa shape index (κ1) is 22.2. The fraction of sp³-hybridized carbons (Fsp3) is 0.318. The van der Waals surface area contributed by atoms with E-state index >= 15 is 0 Å². The molecule has 0 spiro atoms. The number of H-pyrrole nitrogens is 1. The first-order chi connectivity index (χ1) is 13.3. The molecular weight excluding hydrogens is 463 g/mol. The topological polar surface area (TPSA) is 61.4 Å². The van der Waals surface area contributed by atoms with Crippen LogP contribution in [-0.2, 0) is 24.3 Å². The minimum absolute atomic E-state index is 0. The SMILES string of the molecule is CCNC(=NCc1cccc(COC)c1)NCCc1c[nH]c2ccccc12.I. The van der Waals surface area contributed by atoms with Crippen LogP contribution in [0, 0.1) is 0 Å². The minimum atomic E-state index is 0. The van der Waals surface area contributed by atoms with Crippen LogP contribution in [0.25, 0.3) is 10.9 Å². The van der Waals surface area contributed by atoms with Crippen molar-refractivity contribution in [2.24, 2.45) is 4.99 Å². The van der Waals surface area contributed by atoms with Gasteiger partial charge in [-0.2, -0.15) is 0 Å². The second-order valence-corrected chi connectivity index (χ2v) is 6.48. The van der Waals surface area contributed by atoms with Crippen molar-refractivity contribution in [3.63, 3.8) is 0 Å². The van der Waals surface area contributed by atoms with E-state index < -0.39 is 0 Å². The smallest absolute Gasteiger partial charge is 0.191 e. The summed E-state index contributed by atoms with van der Waals surface area (Å²) >= 11 is 0. The third-order valence-corrected chi connectivity index (χ3v) is 4.43. The Kier molecular flexibility index (Phi) is 9.30. The van der Waals surface area contributed by atoms with E-state index in [0.717, 1.165) is 25.5 Å². The molecule has 0 atom stereocenters. The number of rotatable bonds is 8. The number of aliphatic imine (C=N–C) groups is 1. The van der Waals surface area contributed by atoms with Gasteiger partial charge in [-0.05, 0) is 36.1 Å². The largest absolute Gasteiger partial charge is 0.380 e. The number of hydrogen-bond donors (Lipinski definition) is 3.